The van der Waals surface area contributed by atoms with Crippen molar-refractivity contribution in [2.45, 2.75) is 6.54 Å². The standard InChI is InChI=1S/C15H12ClN3O/c16-13-7-11(6-5-10(13)8-17)20-15-12-3-1-2-4-14(12)18-9-19-15/h1-7,9H,8,17H2. The van der Waals surface area contributed by atoms with Gasteiger partial charge in [0.2, 0.25) is 5.88 Å². The van der Waals surface area contributed by atoms with Crippen molar-refractivity contribution in [2.75, 3.05) is 0 Å². The Bertz CT molecular complexity index is 756. The van der Waals surface area contributed by atoms with Crippen LogP contribution in [0, 0.1) is 0 Å². The fourth-order valence-electron chi connectivity index (χ4n) is 1.93. The van der Waals surface area contributed by atoms with Gasteiger partial charge in [0.15, 0.2) is 0 Å². The fourth-order valence-corrected chi connectivity index (χ4v) is 2.18. The van der Waals surface area contributed by atoms with Crippen LogP contribution in [-0.4, -0.2) is 9.97 Å². The molecule has 3 rings (SSSR count). The maximum Gasteiger partial charge on any atom is 0.230 e. The van der Waals surface area contributed by atoms with Gasteiger partial charge in [0.05, 0.1) is 10.9 Å². The predicted octanol–water partition coefficient (Wildman–Crippen LogP) is 3.53. The molecule has 2 N–H and O–H groups in total. The molecule has 0 saturated heterocycles. The van der Waals surface area contributed by atoms with Crippen molar-refractivity contribution in [3.05, 3.63) is 59.4 Å². The van der Waals surface area contributed by atoms with Gasteiger partial charge in [-0.2, -0.15) is 0 Å². The summed E-state index contributed by atoms with van der Waals surface area (Å²) in [7, 11) is 0. The van der Waals surface area contributed by atoms with E-state index in [2.05, 4.69) is 9.97 Å². The van der Waals surface area contributed by atoms with Gasteiger partial charge in [-0.1, -0.05) is 29.8 Å². The summed E-state index contributed by atoms with van der Waals surface area (Å²) >= 11 is 6.12. The zero-order valence-corrected chi connectivity index (χ0v) is 11.3. The monoisotopic (exact) mass is 285 g/mol. The smallest absolute Gasteiger partial charge is 0.230 e. The van der Waals surface area contributed by atoms with Gasteiger partial charge in [0, 0.05) is 11.6 Å². The first-order chi connectivity index (χ1) is 9.78. The average Bonchev–Trinajstić information content (AvgIpc) is 2.48. The first-order valence-electron chi connectivity index (χ1n) is 6.14. The van der Waals surface area contributed by atoms with Gasteiger partial charge in [0.25, 0.3) is 0 Å². The lowest BCUT2D eigenvalue weighted by Gasteiger charge is -2.08. The lowest BCUT2D eigenvalue weighted by Crippen LogP contribution is -1.97. The molecule has 1 aromatic heterocycles. The number of halogens is 1. The number of hydrogen-bond acceptors (Lipinski definition) is 4. The number of fused-ring (bicyclic) bond motifs is 1. The third kappa shape index (κ3) is 2.43. The van der Waals surface area contributed by atoms with Crippen LogP contribution in [0.5, 0.6) is 11.6 Å². The van der Waals surface area contributed by atoms with Crippen LogP contribution in [0.1, 0.15) is 5.56 Å². The molecule has 0 bridgehead atoms. The quantitative estimate of drug-likeness (QED) is 0.799. The molecular weight excluding hydrogens is 274 g/mol. The van der Waals surface area contributed by atoms with Crippen molar-refractivity contribution in [1.82, 2.24) is 9.97 Å². The summed E-state index contributed by atoms with van der Waals surface area (Å²) in [6.07, 6.45) is 1.48. The second-order valence-corrected chi connectivity index (χ2v) is 4.66. The lowest BCUT2D eigenvalue weighted by molar-refractivity contribution is 0.468. The summed E-state index contributed by atoms with van der Waals surface area (Å²) in [5.41, 5.74) is 7.30. The number of rotatable bonds is 3. The molecule has 0 aliphatic heterocycles. The third-order valence-electron chi connectivity index (χ3n) is 2.97. The molecule has 0 atom stereocenters. The molecule has 20 heavy (non-hydrogen) atoms. The van der Waals surface area contributed by atoms with E-state index >= 15 is 0 Å². The molecule has 0 unspecified atom stereocenters. The van der Waals surface area contributed by atoms with Crippen LogP contribution in [0.25, 0.3) is 10.9 Å². The van der Waals surface area contributed by atoms with Crippen LogP contribution in [0.2, 0.25) is 5.02 Å². The number of nitrogens with two attached hydrogens (primary N) is 1. The van der Waals surface area contributed by atoms with E-state index in [9.17, 15) is 0 Å². The highest BCUT2D eigenvalue weighted by atomic mass is 35.5. The second-order valence-electron chi connectivity index (χ2n) is 4.26. The Morgan fingerprint density at radius 2 is 1.95 bits per heavy atom. The van der Waals surface area contributed by atoms with E-state index in [4.69, 9.17) is 22.1 Å². The van der Waals surface area contributed by atoms with Crippen LogP contribution < -0.4 is 10.5 Å². The molecule has 2 aromatic carbocycles. The van der Waals surface area contributed by atoms with Crippen LogP contribution >= 0.6 is 11.6 Å². The molecule has 0 fully saturated rings. The Hall–Kier alpha value is -2.17. The molecule has 0 amide bonds. The van der Waals surface area contributed by atoms with E-state index in [-0.39, 0.29) is 0 Å². The SMILES string of the molecule is NCc1ccc(Oc2ncnc3ccccc23)cc1Cl. The van der Waals surface area contributed by atoms with Crippen LogP contribution in [-0.2, 0) is 6.54 Å². The molecule has 0 aliphatic rings. The zero-order valence-electron chi connectivity index (χ0n) is 10.6. The van der Waals surface area contributed by atoms with Crippen molar-refractivity contribution >= 4 is 22.5 Å². The number of hydrogen-bond donors (Lipinski definition) is 1. The molecule has 4 nitrogen and oxygen atoms in total. The molecule has 0 saturated carbocycles. The molecule has 1 heterocycles. The van der Waals surface area contributed by atoms with Gasteiger partial charge in [-0.25, -0.2) is 9.97 Å². The van der Waals surface area contributed by atoms with Gasteiger partial charge < -0.3 is 10.5 Å². The summed E-state index contributed by atoms with van der Waals surface area (Å²) < 4.78 is 5.80. The van der Waals surface area contributed by atoms with Crippen molar-refractivity contribution in [3.63, 3.8) is 0 Å². The zero-order chi connectivity index (χ0) is 13.9. The topological polar surface area (TPSA) is 61.0 Å². The summed E-state index contributed by atoms with van der Waals surface area (Å²) in [5, 5.41) is 1.44. The molecule has 3 aromatic rings. The summed E-state index contributed by atoms with van der Waals surface area (Å²) in [6, 6.07) is 13.1. The maximum atomic E-state index is 6.12. The van der Waals surface area contributed by atoms with E-state index in [0.29, 0.717) is 23.2 Å². The van der Waals surface area contributed by atoms with Crippen molar-refractivity contribution in [1.29, 1.82) is 0 Å². The van der Waals surface area contributed by atoms with E-state index in [1.165, 1.54) is 6.33 Å². The van der Waals surface area contributed by atoms with Gasteiger partial charge in [-0.15, -0.1) is 0 Å². The number of benzene rings is 2. The predicted molar refractivity (Wildman–Crippen MR) is 79.0 cm³/mol. The van der Waals surface area contributed by atoms with Gasteiger partial charge in [0.1, 0.15) is 12.1 Å². The highest BCUT2D eigenvalue weighted by molar-refractivity contribution is 6.31. The highest BCUT2D eigenvalue weighted by Gasteiger charge is 2.07. The Labute approximate surface area is 121 Å². The van der Waals surface area contributed by atoms with Crippen LogP contribution in [0.15, 0.2) is 48.8 Å². The normalized spacial score (nSPS) is 10.7. The van der Waals surface area contributed by atoms with Crippen LogP contribution in [0.4, 0.5) is 0 Å². The summed E-state index contributed by atoms with van der Waals surface area (Å²) in [5.74, 6) is 1.13. The van der Waals surface area contributed by atoms with Gasteiger partial charge in [-0.3, -0.25) is 0 Å². The number of para-hydroxylation sites is 1. The lowest BCUT2D eigenvalue weighted by atomic mass is 10.2. The Morgan fingerprint density at radius 1 is 1.10 bits per heavy atom. The Balaban J connectivity index is 1.99. The number of nitrogens with zero attached hydrogens (tertiary/aromatic N) is 2. The summed E-state index contributed by atoms with van der Waals surface area (Å²) in [4.78, 5) is 8.37. The van der Waals surface area contributed by atoms with Crippen LogP contribution in [0.3, 0.4) is 0 Å². The Morgan fingerprint density at radius 3 is 2.75 bits per heavy atom. The van der Waals surface area contributed by atoms with Crippen molar-refractivity contribution in [2.24, 2.45) is 5.73 Å². The molecule has 5 heteroatoms. The van der Waals surface area contributed by atoms with E-state index < -0.39 is 0 Å². The number of ether oxygens (including phenoxy) is 1. The van der Waals surface area contributed by atoms with Gasteiger partial charge >= 0.3 is 0 Å². The van der Waals surface area contributed by atoms with Gasteiger partial charge in [-0.05, 0) is 29.8 Å². The minimum absolute atomic E-state index is 0.398. The summed E-state index contributed by atoms with van der Waals surface area (Å²) in [6.45, 7) is 0.398. The molecular formula is C15H12ClN3O. The first-order valence-corrected chi connectivity index (χ1v) is 6.52. The van der Waals surface area contributed by atoms with Crippen molar-refractivity contribution < 1.29 is 4.74 Å². The highest BCUT2D eigenvalue weighted by Crippen LogP contribution is 2.29. The van der Waals surface area contributed by atoms with Crippen molar-refractivity contribution in [3.8, 4) is 11.6 Å². The minimum Gasteiger partial charge on any atom is -0.438 e. The van der Waals surface area contributed by atoms with E-state index in [1.807, 2.05) is 36.4 Å². The minimum atomic E-state index is 0.398. The largest absolute Gasteiger partial charge is 0.438 e. The third-order valence-corrected chi connectivity index (χ3v) is 3.32. The first kappa shape index (κ1) is 12.8. The second kappa shape index (κ2) is 5.45. The average molecular weight is 286 g/mol. The maximum absolute atomic E-state index is 6.12. The van der Waals surface area contributed by atoms with E-state index in [1.54, 1.807) is 6.07 Å². The fraction of sp³-hybridized carbons (Fsp3) is 0.0667. The molecule has 0 radical (unpaired) electrons. The Kier molecular flexibility index (Phi) is 3.50. The van der Waals surface area contributed by atoms with E-state index in [0.717, 1.165) is 16.5 Å². The molecule has 0 aliphatic carbocycles. The molecule has 0 spiro atoms. The number of aromatic nitrogens is 2. The molecule has 100 valence electrons.